The van der Waals surface area contributed by atoms with Gasteiger partial charge in [-0.3, -0.25) is 0 Å². The molecular weight excluding hydrogens is 302 g/mol. The Morgan fingerprint density at radius 1 is 0.913 bits per heavy atom. The van der Waals surface area contributed by atoms with E-state index in [9.17, 15) is 9.59 Å². The summed E-state index contributed by atoms with van der Waals surface area (Å²) in [6, 6.07) is 0. The average molecular weight is 333 g/mol. The molecule has 0 atom stereocenters. The van der Waals surface area contributed by atoms with Crippen LogP contribution in [0.2, 0.25) is 0 Å². The van der Waals surface area contributed by atoms with E-state index in [1.54, 1.807) is 0 Å². The normalized spacial score (nSPS) is 11.1. The number of hydrogen-bond donors (Lipinski definition) is 1. The largest absolute Gasteiger partial charge is 0.467 e. The second-order valence-corrected chi connectivity index (χ2v) is 6.08. The van der Waals surface area contributed by atoms with Crippen molar-refractivity contribution in [3.05, 3.63) is 0 Å². The fraction of sp³-hybridized carbons (Fsp3) is 0.875. The molecule has 0 aromatic heterocycles. The molecule has 1 amide bonds. The first-order chi connectivity index (χ1) is 10.8. The van der Waals surface area contributed by atoms with Gasteiger partial charge in [0.05, 0.1) is 20.3 Å². The Morgan fingerprint density at radius 3 is 2.22 bits per heavy atom. The lowest BCUT2D eigenvalue weighted by atomic mass is 10.2. The molecule has 0 aromatic carbocycles. The Morgan fingerprint density at radius 2 is 1.57 bits per heavy atom. The summed E-state index contributed by atoms with van der Waals surface area (Å²) < 4.78 is 20.0. The number of amides is 1. The number of esters is 1. The van der Waals surface area contributed by atoms with E-state index in [0.717, 1.165) is 25.7 Å². The number of nitrogens with one attached hydrogen (secondary N) is 1. The predicted octanol–water partition coefficient (Wildman–Crippen LogP) is 2.28. The van der Waals surface area contributed by atoms with Crippen LogP contribution in [0.4, 0.5) is 4.79 Å². The highest BCUT2D eigenvalue weighted by atomic mass is 16.6. The Hall–Kier alpha value is -1.34. The Kier molecular flexibility index (Phi) is 12.4. The number of unbranched alkanes of at least 4 members (excludes halogenated alkanes) is 3. The SMILES string of the molecule is COC(=O)COCCOCCCCCCNC(=O)OC(C)(C)C. The number of rotatable bonds is 12. The third-order valence-electron chi connectivity index (χ3n) is 2.70. The maximum absolute atomic E-state index is 11.4. The summed E-state index contributed by atoms with van der Waals surface area (Å²) in [6.07, 6.45) is 3.58. The van der Waals surface area contributed by atoms with Crippen LogP contribution in [0.3, 0.4) is 0 Å². The van der Waals surface area contributed by atoms with Gasteiger partial charge in [0.25, 0.3) is 0 Å². The molecule has 7 nitrogen and oxygen atoms in total. The van der Waals surface area contributed by atoms with Crippen LogP contribution in [0.5, 0.6) is 0 Å². The third kappa shape index (κ3) is 16.9. The van der Waals surface area contributed by atoms with Gasteiger partial charge in [0.2, 0.25) is 0 Å². The smallest absolute Gasteiger partial charge is 0.407 e. The van der Waals surface area contributed by atoms with E-state index in [4.69, 9.17) is 14.2 Å². The van der Waals surface area contributed by atoms with Gasteiger partial charge in [-0.15, -0.1) is 0 Å². The first kappa shape index (κ1) is 21.7. The minimum absolute atomic E-state index is 0.0372. The van der Waals surface area contributed by atoms with Gasteiger partial charge in [0, 0.05) is 13.2 Å². The van der Waals surface area contributed by atoms with E-state index < -0.39 is 5.60 Å². The topological polar surface area (TPSA) is 83.1 Å². The van der Waals surface area contributed by atoms with Crippen LogP contribution in [0.15, 0.2) is 0 Å². The Balaban J connectivity index is 3.22. The van der Waals surface area contributed by atoms with Gasteiger partial charge in [0.15, 0.2) is 0 Å². The van der Waals surface area contributed by atoms with Crippen molar-refractivity contribution in [2.75, 3.05) is 40.1 Å². The van der Waals surface area contributed by atoms with E-state index >= 15 is 0 Å². The van der Waals surface area contributed by atoms with Gasteiger partial charge >= 0.3 is 12.1 Å². The minimum Gasteiger partial charge on any atom is -0.467 e. The highest BCUT2D eigenvalue weighted by Gasteiger charge is 2.15. The summed E-state index contributed by atoms with van der Waals surface area (Å²) in [5.41, 5.74) is -0.456. The number of ether oxygens (including phenoxy) is 4. The summed E-state index contributed by atoms with van der Waals surface area (Å²) in [5, 5.41) is 2.73. The predicted molar refractivity (Wildman–Crippen MR) is 86.4 cm³/mol. The van der Waals surface area contributed by atoms with Crippen molar-refractivity contribution >= 4 is 12.1 Å². The zero-order valence-corrected chi connectivity index (χ0v) is 14.8. The molecule has 136 valence electrons. The van der Waals surface area contributed by atoms with Crippen LogP contribution in [0, 0.1) is 0 Å². The molecule has 0 heterocycles. The summed E-state index contributed by atoms with van der Waals surface area (Å²) in [6.45, 7) is 7.63. The number of hydrogen-bond acceptors (Lipinski definition) is 6. The average Bonchev–Trinajstić information content (AvgIpc) is 2.46. The first-order valence-electron chi connectivity index (χ1n) is 8.04. The van der Waals surface area contributed by atoms with Crippen molar-refractivity contribution in [3.8, 4) is 0 Å². The van der Waals surface area contributed by atoms with Crippen molar-refractivity contribution in [3.63, 3.8) is 0 Å². The van der Waals surface area contributed by atoms with Gasteiger partial charge in [-0.05, 0) is 33.6 Å². The highest BCUT2D eigenvalue weighted by Crippen LogP contribution is 2.06. The summed E-state index contributed by atoms with van der Waals surface area (Å²) >= 11 is 0. The molecule has 0 unspecified atom stereocenters. The molecule has 7 heteroatoms. The molecule has 0 rings (SSSR count). The van der Waals surface area contributed by atoms with Crippen LogP contribution in [-0.2, 0) is 23.7 Å². The lowest BCUT2D eigenvalue weighted by molar-refractivity contribution is -0.146. The van der Waals surface area contributed by atoms with Gasteiger partial charge < -0.3 is 24.3 Å². The number of alkyl carbamates (subject to hydrolysis) is 1. The number of carbonyl (C=O) groups excluding carboxylic acids is 2. The van der Waals surface area contributed by atoms with Crippen LogP contribution in [-0.4, -0.2) is 57.7 Å². The molecular formula is C16H31NO6. The first-order valence-corrected chi connectivity index (χ1v) is 8.04. The van der Waals surface area contributed by atoms with E-state index in [1.807, 2.05) is 20.8 Å². The van der Waals surface area contributed by atoms with Crippen molar-refractivity contribution in [2.45, 2.75) is 52.1 Å². The number of methoxy groups -OCH3 is 1. The van der Waals surface area contributed by atoms with Crippen molar-refractivity contribution < 1.29 is 28.5 Å². The zero-order valence-electron chi connectivity index (χ0n) is 14.8. The standard InChI is InChI=1S/C16H31NO6/c1-16(2,3)23-15(19)17-9-7-5-6-8-10-21-11-12-22-13-14(18)20-4/h5-13H2,1-4H3,(H,17,19). The summed E-state index contributed by atoms with van der Waals surface area (Å²) in [5.74, 6) is -0.384. The van der Waals surface area contributed by atoms with Gasteiger partial charge in [-0.25, -0.2) is 9.59 Å². The lowest BCUT2D eigenvalue weighted by Gasteiger charge is -2.19. The Bertz CT molecular complexity index is 327. The maximum atomic E-state index is 11.4. The van der Waals surface area contributed by atoms with E-state index in [1.165, 1.54) is 7.11 Å². The minimum atomic E-state index is -0.456. The molecule has 1 N–H and O–H groups in total. The van der Waals surface area contributed by atoms with Crippen LogP contribution in [0.25, 0.3) is 0 Å². The van der Waals surface area contributed by atoms with Gasteiger partial charge in [-0.2, -0.15) is 0 Å². The van der Waals surface area contributed by atoms with E-state index in [0.29, 0.717) is 26.4 Å². The van der Waals surface area contributed by atoms with Gasteiger partial charge in [0.1, 0.15) is 12.2 Å². The molecule has 0 aliphatic carbocycles. The molecule has 0 spiro atoms. The highest BCUT2D eigenvalue weighted by molar-refractivity contribution is 5.70. The molecule has 0 bridgehead atoms. The van der Waals surface area contributed by atoms with Crippen molar-refractivity contribution in [1.29, 1.82) is 0 Å². The molecule has 0 aliphatic heterocycles. The van der Waals surface area contributed by atoms with E-state index in [2.05, 4.69) is 10.1 Å². The summed E-state index contributed by atoms with van der Waals surface area (Å²) in [7, 11) is 1.32. The quantitative estimate of drug-likeness (QED) is 0.436. The fourth-order valence-electron chi connectivity index (χ4n) is 1.62. The molecule has 0 aromatic rings. The van der Waals surface area contributed by atoms with Gasteiger partial charge in [-0.1, -0.05) is 12.8 Å². The molecule has 0 saturated heterocycles. The molecule has 0 fully saturated rings. The number of carbonyl (C=O) groups is 2. The van der Waals surface area contributed by atoms with Crippen LogP contribution in [0.1, 0.15) is 46.5 Å². The van der Waals surface area contributed by atoms with Crippen molar-refractivity contribution in [1.82, 2.24) is 5.32 Å². The second-order valence-electron chi connectivity index (χ2n) is 6.08. The lowest BCUT2D eigenvalue weighted by Crippen LogP contribution is -2.32. The van der Waals surface area contributed by atoms with E-state index in [-0.39, 0.29) is 18.7 Å². The summed E-state index contributed by atoms with van der Waals surface area (Å²) in [4.78, 5) is 22.1. The third-order valence-corrected chi connectivity index (χ3v) is 2.70. The molecule has 0 radical (unpaired) electrons. The van der Waals surface area contributed by atoms with Crippen LogP contribution >= 0.6 is 0 Å². The van der Waals surface area contributed by atoms with Crippen molar-refractivity contribution in [2.24, 2.45) is 0 Å². The fourth-order valence-corrected chi connectivity index (χ4v) is 1.62. The maximum Gasteiger partial charge on any atom is 0.407 e. The monoisotopic (exact) mass is 333 g/mol. The molecule has 0 saturated carbocycles. The second kappa shape index (κ2) is 13.1. The Labute approximate surface area is 139 Å². The molecule has 23 heavy (non-hydrogen) atoms. The zero-order chi connectivity index (χ0) is 17.6. The van der Waals surface area contributed by atoms with Crippen LogP contribution < -0.4 is 5.32 Å². The molecule has 0 aliphatic rings.